The third-order valence-corrected chi connectivity index (χ3v) is 2.21. The van der Waals surface area contributed by atoms with Gasteiger partial charge < -0.3 is 5.11 Å². The van der Waals surface area contributed by atoms with E-state index in [1.807, 2.05) is 0 Å². The molecule has 2 unspecified atom stereocenters. The van der Waals surface area contributed by atoms with Gasteiger partial charge in [-0.1, -0.05) is 31.6 Å². The van der Waals surface area contributed by atoms with Crippen LogP contribution in [0.2, 0.25) is 0 Å². The molecule has 0 aromatic heterocycles. The first-order chi connectivity index (χ1) is 5.45. The second kappa shape index (κ2) is 4.37. The zero-order chi connectivity index (χ0) is 9.35. The van der Waals surface area contributed by atoms with E-state index in [1.165, 1.54) is 25.2 Å². The molecule has 1 rings (SSSR count). The Morgan fingerprint density at radius 1 is 1.62 bits per heavy atom. The summed E-state index contributed by atoms with van der Waals surface area (Å²) >= 11 is 0. The summed E-state index contributed by atoms with van der Waals surface area (Å²) in [6.45, 7) is 3.02. The minimum atomic E-state index is -1.35. The molecule has 0 radical (unpaired) electrons. The first-order valence-electron chi connectivity index (χ1n) is 3.69. The maximum absolute atomic E-state index is 11.5. The summed E-state index contributed by atoms with van der Waals surface area (Å²) in [6.07, 6.45) is 4.28. The molecule has 0 amide bonds. The zero-order valence-corrected chi connectivity index (χ0v) is 9.98. The van der Waals surface area contributed by atoms with E-state index >= 15 is 0 Å². The molecule has 0 N–H and O–H groups in total. The van der Waals surface area contributed by atoms with Gasteiger partial charge in [0, 0.05) is 12.0 Å². The molecule has 1 aliphatic rings. The topological polar surface area (TPSA) is 66.2 Å². The van der Waals surface area contributed by atoms with Crippen LogP contribution in [0.25, 0.3) is 0 Å². The number of hydrogen-bond donors (Lipinski definition) is 0. The molecule has 0 saturated heterocycles. The minimum Gasteiger partial charge on any atom is -0.846 e. The fourth-order valence-electron chi connectivity index (χ4n) is 1.14. The van der Waals surface area contributed by atoms with Crippen LogP contribution >= 0.6 is 0 Å². The predicted molar refractivity (Wildman–Crippen MR) is 41.8 cm³/mol. The van der Waals surface area contributed by atoms with Crippen LogP contribution in [0.15, 0.2) is 23.9 Å². The van der Waals surface area contributed by atoms with Crippen molar-refractivity contribution in [2.24, 2.45) is 5.92 Å². The SMILES string of the molecule is CC1C([N+](=O)[O-])=CC=CC1(C)[O-].[Na+]. The largest absolute Gasteiger partial charge is 1.00 e. The number of allylic oxidation sites excluding steroid dienone is 2. The van der Waals surface area contributed by atoms with Crippen molar-refractivity contribution >= 4 is 0 Å². The average Bonchev–Trinajstić information content (AvgIpc) is 1.94. The molecule has 1 aliphatic carbocycles. The smallest absolute Gasteiger partial charge is 0.846 e. The summed E-state index contributed by atoms with van der Waals surface area (Å²) in [5.74, 6) is -0.572. The fraction of sp³-hybridized carbons (Fsp3) is 0.500. The molecule has 5 heteroatoms. The van der Waals surface area contributed by atoms with Crippen LogP contribution in [0.4, 0.5) is 0 Å². The van der Waals surface area contributed by atoms with Gasteiger partial charge in [0.1, 0.15) is 0 Å². The monoisotopic (exact) mass is 191 g/mol. The number of nitro groups is 1. The van der Waals surface area contributed by atoms with Crippen LogP contribution in [0.3, 0.4) is 0 Å². The summed E-state index contributed by atoms with van der Waals surface area (Å²) in [7, 11) is 0. The third kappa shape index (κ3) is 2.64. The Morgan fingerprint density at radius 2 is 2.15 bits per heavy atom. The Hall–Kier alpha value is -0.160. The van der Waals surface area contributed by atoms with Gasteiger partial charge in [0.2, 0.25) is 5.70 Å². The van der Waals surface area contributed by atoms with Crippen LogP contribution in [-0.2, 0) is 0 Å². The molecule has 0 aliphatic heterocycles. The second-order valence-corrected chi connectivity index (χ2v) is 3.11. The fourth-order valence-corrected chi connectivity index (χ4v) is 1.14. The van der Waals surface area contributed by atoms with Gasteiger partial charge in [0.25, 0.3) is 0 Å². The van der Waals surface area contributed by atoms with E-state index in [0.29, 0.717) is 0 Å². The van der Waals surface area contributed by atoms with Crippen molar-refractivity contribution in [1.29, 1.82) is 0 Å². The van der Waals surface area contributed by atoms with Gasteiger partial charge in [-0.05, 0) is 0 Å². The zero-order valence-electron chi connectivity index (χ0n) is 7.98. The molecule has 13 heavy (non-hydrogen) atoms. The first kappa shape index (κ1) is 12.8. The van der Waals surface area contributed by atoms with Crippen molar-refractivity contribution in [1.82, 2.24) is 0 Å². The quantitative estimate of drug-likeness (QED) is 0.261. The maximum atomic E-state index is 11.5. The molecule has 0 spiro atoms. The summed E-state index contributed by atoms with van der Waals surface area (Å²) in [6, 6.07) is 0. The maximum Gasteiger partial charge on any atom is 1.00 e. The van der Waals surface area contributed by atoms with Gasteiger partial charge >= 0.3 is 29.6 Å². The van der Waals surface area contributed by atoms with Crippen LogP contribution < -0.4 is 34.7 Å². The molecular formula is C8H10NNaO3. The van der Waals surface area contributed by atoms with Gasteiger partial charge in [0.05, 0.1) is 4.92 Å². The molecule has 4 nitrogen and oxygen atoms in total. The number of rotatable bonds is 1. The predicted octanol–water partition coefficient (Wildman–Crippen LogP) is -2.52. The van der Waals surface area contributed by atoms with Gasteiger partial charge in [-0.3, -0.25) is 10.1 Å². The molecule has 0 heterocycles. The average molecular weight is 191 g/mol. The van der Waals surface area contributed by atoms with Gasteiger partial charge in [0.15, 0.2) is 0 Å². The summed E-state index contributed by atoms with van der Waals surface area (Å²) in [4.78, 5) is 9.92. The van der Waals surface area contributed by atoms with Gasteiger partial charge in [-0.15, -0.1) is 0 Å². The van der Waals surface area contributed by atoms with E-state index in [0.717, 1.165) is 0 Å². The van der Waals surface area contributed by atoms with Crippen molar-refractivity contribution in [3.8, 4) is 0 Å². The van der Waals surface area contributed by atoms with Crippen molar-refractivity contribution < 1.29 is 39.6 Å². The van der Waals surface area contributed by atoms with E-state index in [-0.39, 0.29) is 35.3 Å². The van der Waals surface area contributed by atoms with Crippen LogP contribution in [0.1, 0.15) is 13.8 Å². The van der Waals surface area contributed by atoms with Crippen molar-refractivity contribution in [2.75, 3.05) is 0 Å². The van der Waals surface area contributed by atoms with Crippen molar-refractivity contribution in [3.63, 3.8) is 0 Å². The molecule has 0 aromatic rings. The molecular weight excluding hydrogens is 181 g/mol. The van der Waals surface area contributed by atoms with Crippen LogP contribution in [0.5, 0.6) is 0 Å². The van der Waals surface area contributed by atoms with E-state index in [4.69, 9.17) is 0 Å². The summed E-state index contributed by atoms with van der Waals surface area (Å²) in [5.41, 5.74) is -1.35. The van der Waals surface area contributed by atoms with Gasteiger partial charge in [-0.2, -0.15) is 0 Å². The normalized spacial score (nSPS) is 31.9. The molecule has 2 atom stereocenters. The Morgan fingerprint density at radius 3 is 2.54 bits per heavy atom. The van der Waals surface area contributed by atoms with E-state index in [9.17, 15) is 15.2 Å². The molecule has 0 fully saturated rings. The Bertz CT molecular complexity index is 271. The Kier molecular flexibility index (Phi) is 4.32. The van der Waals surface area contributed by atoms with Crippen molar-refractivity contribution in [2.45, 2.75) is 19.4 Å². The van der Waals surface area contributed by atoms with Crippen LogP contribution in [0, 0.1) is 16.0 Å². The van der Waals surface area contributed by atoms with Crippen molar-refractivity contribution in [3.05, 3.63) is 34.0 Å². The summed E-state index contributed by atoms with van der Waals surface area (Å²) in [5, 5.41) is 22.0. The Labute approximate surface area is 98.8 Å². The standard InChI is InChI=1S/C8H10NO3.Na/c1-6-7(9(11)12)4-3-5-8(6,2)10;/h3-6H,1-2H3;/q-1;+1. The second-order valence-electron chi connectivity index (χ2n) is 3.11. The van der Waals surface area contributed by atoms with E-state index in [2.05, 4.69) is 0 Å². The first-order valence-corrected chi connectivity index (χ1v) is 3.69. The summed E-state index contributed by atoms with van der Waals surface area (Å²) < 4.78 is 0. The van der Waals surface area contributed by atoms with Crippen LogP contribution in [-0.4, -0.2) is 10.5 Å². The Balaban J connectivity index is 0.00000144. The van der Waals surface area contributed by atoms with E-state index < -0.39 is 16.4 Å². The number of hydrogen-bond acceptors (Lipinski definition) is 3. The molecule has 0 saturated carbocycles. The molecule has 0 aromatic carbocycles. The van der Waals surface area contributed by atoms with E-state index in [1.54, 1.807) is 6.92 Å². The minimum absolute atomic E-state index is 0. The third-order valence-electron chi connectivity index (χ3n) is 2.21. The van der Waals surface area contributed by atoms with Gasteiger partial charge in [-0.25, -0.2) is 0 Å². The number of nitrogens with zero attached hydrogens (tertiary/aromatic N) is 1. The molecule has 0 bridgehead atoms. The molecule has 66 valence electrons.